The third-order valence-electron chi connectivity index (χ3n) is 7.71. The van der Waals surface area contributed by atoms with Crippen LogP contribution in [0.4, 0.5) is 13.2 Å². The number of fused-ring (bicyclic) bond motifs is 4. The Hall–Kier alpha value is -4.16. The molecule has 3 heterocycles. The van der Waals surface area contributed by atoms with E-state index in [0.717, 1.165) is 5.56 Å². The van der Waals surface area contributed by atoms with Crippen molar-refractivity contribution < 1.29 is 37.0 Å². The fraction of sp³-hybridized carbons (Fsp3) is 0.387. The highest BCUT2D eigenvalue weighted by molar-refractivity contribution is 5.99. The van der Waals surface area contributed by atoms with Crippen LogP contribution in [0.3, 0.4) is 0 Å². The highest BCUT2D eigenvalue weighted by atomic mass is 19.1. The number of carbonyl (C=O) groups is 2. The molecule has 2 aromatic carbocycles. The van der Waals surface area contributed by atoms with Crippen LogP contribution < -0.4 is 15.5 Å². The van der Waals surface area contributed by atoms with Gasteiger partial charge in [0.05, 0.1) is 18.8 Å². The van der Waals surface area contributed by atoms with E-state index in [1.807, 2.05) is 19.9 Å². The number of carbonyl (C=O) groups excluding carboxylic acids is 2. The molecule has 228 valence electrons. The molecule has 12 heteroatoms. The van der Waals surface area contributed by atoms with Crippen LogP contribution in [0, 0.1) is 17.5 Å². The van der Waals surface area contributed by atoms with Gasteiger partial charge in [-0.3, -0.25) is 14.4 Å². The first-order valence-corrected chi connectivity index (χ1v) is 14.0. The molecular formula is C31H32F3N3O6. The summed E-state index contributed by atoms with van der Waals surface area (Å²) in [4.78, 5) is 42.8. The van der Waals surface area contributed by atoms with E-state index in [-0.39, 0.29) is 49.1 Å². The lowest BCUT2D eigenvalue weighted by molar-refractivity contribution is -0.0882. The lowest BCUT2D eigenvalue weighted by Gasteiger charge is -2.40. The third kappa shape index (κ3) is 6.60. The molecule has 1 unspecified atom stereocenters. The average Bonchev–Trinajstić information content (AvgIpc) is 2.99. The number of amides is 2. The first-order chi connectivity index (χ1) is 20.6. The molecule has 1 aromatic heterocycles. The van der Waals surface area contributed by atoms with Crippen LogP contribution in [-0.4, -0.2) is 53.4 Å². The second-order valence-corrected chi connectivity index (χ2v) is 10.7. The molecule has 3 atom stereocenters. The summed E-state index contributed by atoms with van der Waals surface area (Å²) in [6.07, 6.45) is 1.95. The molecule has 2 aliphatic rings. The number of hydrogen-bond acceptors (Lipinski definition) is 6. The van der Waals surface area contributed by atoms with E-state index in [0.29, 0.717) is 31.6 Å². The van der Waals surface area contributed by atoms with E-state index in [4.69, 9.17) is 14.2 Å². The number of nitrogens with one attached hydrogen (secondary N) is 1. The van der Waals surface area contributed by atoms with Gasteiger partial charge in [0, 0.05) is 43.0 Å². The quantitative estimate of drug-likeness (QED) is 0.453. The van der Waals surface area contributed by atoms with Crippen molar-refractivity contribution in [2.75, 3.05) is 19.9 Å². The molecule has 0 spiro atoms. The van der Waals surface area contributed by atoms with Gasteiger partial charge in [0.1, 0.15) is 36.4 Å². The second-order valence-electron chi connectivity index (χ2n) is 10.7. The normalized spacial score (nSPS) is 20.6. The molecule has 9 nitrogen and oxygen atoms in total. The van der Waals surface area contributed by atoms with Crippen molar-refractivity contribution in [3.05, 3.63) is 98.7 Å². The van der Waals surface area contributed by atoms with Crippen LogP contribution in [0.5, 0.6) is 5.75 Å². The number of benzene rings is 2. The summed E-state index contributed by atoms with van der Waals surface area (Å²) >= 11 is 0. The number of nitrogens with zero attached hydrogens (tertiary/aromatic N) is 2. The number of rotatable bonds is 6. The maximum atomic E-state index is 14.2. The Morgan fingerprint density at radius 2 is 1.81 bits per heavy atom. The second kappa shape index (κ2) is 13.0. The van der Waals surface area contributed by atoms with Crippen molar-refractivity contribution in [2.24, 2.45) is 0 Å². The van der Waals surface area contributed by atoms with Gasteiger partial charge in [0.2, 0.25) is 5.43 Å². The summed E-state index contributed by atoms with van der Waals surface area (Å²) < 4.78 is 60.7. The number of hydrogen-bond donors (Lipinski definition) is 1. The summed E-state index contributed by atoms with van der Waals surface area (Å²) in [6, 6.07) is 9.39. The van der Waals surface area contributed by atoms with Crippen molar-refractivity contribution in [2.45, 2.75) is 58.0 Å². The van der Waals surface area contributed by atoms with E-state index in [1.165, 1.54) is 6.20 Å². The smallest absolute Gasteiger partial charge is 0.274 e. The summed E-state index contributed by atoms with van der Waals surface area (Å²) in [5, 5.41) is 2.35. The number of aromatic nitrogens is 1. The van der Waals surface area contributed by atoms with Crippen molar-refractivity contribution in [3.8, 4) is 5.75 Å². The van der Waals surface area contributed by atoms with Crippen LogP contribution in [0.1, 0.15) is 64.7 Å². The lowest BCUT2D eigenvalue weighted by Crippen LogP contribution is -2.49. The minimum absolute atomic E-state index is 0.00331. The summed E-state index contributed by atoms with van der Waals surface area (Å²) in [5.41, 5.74) is -1.06. The first kappa shape index (κ1) is 30.3. The Bertz CT molecular complexity index is 1540. The van der Waals surface area contributed by atoms with Gasteiger partial charge in [-0.25, -0.2) is 13.2 Å². The van der Waals surface area contributed by atoms with E-state index in [1.54, 1.807) is 33.7 Å². The third-order valence-corrected chi connectivity index (χ3v) is 7.71. The standard InChI is InChI=1S/C31H32F3N3O6/c1-18-8-9-41-17-43-19(2)10-22-14-36(18)31(40)27-29(42-16-20-6-4-3-5-7-20)28(38)24(15-37(22)27)30(39)35-13-23-25(33)11-21(32)12-26(23)34/h3-7,11-12,15,18-19,22H,8-10,13-14,16-17H2,1-2H3,(H,35,39)/t18-,19?,22-/m0/s1. The van der Waals surface area contributed by atoms with Gasteiger partial charge in [-0.15, -0.1) is 0 Å². The molecule has 2 amide bonds. The van der Waals surface area contributed by atoms with Crippen LogP contribution in [0.25, 0.3) is 0 Å². The van der Waals surface area contributed by atoms with Crippen molar-refractivity contribution in [1.82, 2.24) is 14.8 Å². The fourth-order valence-corrected chi connectivity index (χ4v) is 5.32. The molecule has 1 saturated heterocycles. The van der Waals surface area contributed by atoms with Gasteiger partial charge < -0.3 is 29.0 Å². The minimum atomic E-state index is -1.18. The molecule has 0 saturated carbocycles. The Morgan fingerprint density at radius 3 is 2.53 bits per heavy atom. The molecule has 1 N–H and O–H groups in total. The molecule has 5 rings (SSSR count). The largest absolute Gasteiger partial charge is 0.483 e. The maximum Gasteiger partial charge on any atom is 0.274 e. The Balaban J connectivity index is 1.57. The SMILES string of the molecule is CC1C[C@H]2CN(C(=O)c3c(OCc4ccccc4)c(=O)c(C(=O)NCc4c(F)cc(F)cc4F)cn32)[C@@H](C)CCOCO1. The Kier molecular flexibility index (Phi) is 9.16. The topological polar surface area (TPSA) is 99.1 Å². The van der Waals surface area contributed by atoms with Gasteiger partial charge in [-0.05, 0) is 32.3 Å². The van der Waals surface area contributed by atoms with E-state index >= 15 is 0 Å². The number of pyridine rings is 1. The summed E-state index contributed by atoms with van der Waals surface area (Å²) in [7, 11) is 0. The lowest BCUT2D eigenvalue weighted by atomic mass is 10.0. The summed E-state index contributed by atoms with van der Waals surface area (Å²) in [6.45, 7) is 3.81. The fourth-order valence-electron chi connectivity index (χ4n) is 5.32. The highest BCUT2D eigenvalue weighted by Crippen LogP contribution is 2.32. The average molecular weight is 600 g/mol. The molecule has 0 aliphatic carbocycles. The molecule has 0 radical (unpaired) electrons. The van der Waals surface area contributed by atoms with Gasteiger partial charge in [0.25, 0.3) is 11.8 Å². The van der Waals surface area contributed by atoms with Crippen LogP contribution in [0.2, 0.25) is 0 Å². The van der Waals surface area contributed by atoms with Crippen molar-refractivity contribution in [1.29, 1.82) is 0 Å². The molecular weight excluding hydrogens is 567 g/mol. The summed E-state index contributed by atoms with van der Waals surface area (Å²) in [5.74, 6) is -5.13. The zero-order chi connectivity index (χ0) is 30.7. The zero-order valence-electron chi connectivity index (χ0n) is 23.8. The van der Waals surface area contributed by atoms with Gasteiger partial charge in [0.15, 0.2) is 11.4 Å². The van der Waals surface area contributed by atoms with Gasteiger partial charge in [-0.1, -0.05) is 30.3 Å². The predicted octanol–water partition coefficient (Wildman–Crippen LogP) is 4.33. The van der Waals surface area contributed by atoms with Gasteiger partial charge >= 0.3 is 0 Å². The molecule has 2 bridgehead atoms. The van der Waals surface area contributed by atoms with Gasteiger partial charge in [-0.2, -0.15) is 0 Å². The van der Waals surface area contributed by atoms with E-state index in [9.17, 15) is 27.6 Å². The van der Waals surface area contributed by atoms with Crippen LogP contribution in [0.15, 0.2) is 53.5 Å². The molecule has 3 aromatic rings. The minimum Gasteiger partial charge on any atom is -0.483 e. The monoisotopic (exact) mass is 599 g/mol. The number of halogens is 3. The van der Waals surface area contributed by atoms with Crippen molar-refractivity contribution >= 4 is 11.8 Å². The van der Waals surface area contributed by atoms with Crippen molar-refractivity contribution in [3.63, 3.8) is 0 Å². The van der Waals surface area contributed by atoms with Crippen LogP contribution in [-0.2, 0) is 22.6 Å². The molecule has 2 aliphatic heterocycles. The first-order valence-electron chi connectivity index (χ1n) is 14.0. The maximum absolute atomic E-state index is 14.2. The number of ether oxygens (including phenoxy) is 3. The molecule has 1 fully saturated rings. The predicted molar refractivity (Wildman–Crippen MR) is 149 cm³/mol. The Labute approximate surface area is 246 Å². The Morgan fingerprint density at radius 1 is 1.09 bits per heavy atom. The molecule has 43 heavy (non-hydrogen) atoms. The van der Waals surface area contributed by atoms with E-state index in [2.05, 4.69) is 5.32 Å². The zero-order valence-corrected chi connectivity index (χ0v) is 23.8. The highest BCUT2D eigenvalue weighted by Gasteiger charge is 2.39. The van der Waals surface area contributed by atoms with E-state index < -0.39 is 52.8 Å². The van der Waals surface area contributed by atoms with Crippen LogP contribution >= 0.6 is 0 Å².